The number of benzene rings is 2. The Morgan fingerprint density at radius 3 is 2.30 bits per heavy atom. The minimum Gasteiger partial charge on any atom is -0.464 e. The fourth-order valence-electron chi connectivity index (χ4n) is 3.98. The van der Waals surface area contributed by atoms with Crippen LogP contribution in [0.3, 0.4) is 0 Å². The first kappa shape index (κ1) is 27.4. The molecule has 0 aliphatic rings. The van der Waals surface area contributed by atoms with Gasteiger partial charge in [0.05, 0.1) is 11.6 Å². The monoisotopic (exact) mass is 507 g/mol. The molecule has 0 saturated heterocycles. The third-order valence-corrected chi connectivity index (χ3v) is 5.53. The lowest BCUT2D eigenvalue weighted by Crippen LogP contribution is -2.53. The van der Waals surface area contributed by atoms with E-state index in [0.29, 0.717) is 23.9 Å². The largest absolute Gasteiger partial charge is 0.464 e. The van der Waals surface area contributed by atoms with Crippen molar-refractivity contribution < 1.29 is 28.7 Å². The van der Waals surface area contributed by atoms with E-state index in [1.54, 1.807) is 33.0 Å². The molecule has 0 spiro atoms. The molecule has 2 amide bonds. The molecule has 3 rings (SSSR count). The summed E-state index contributed by atoms with van der Waals surface area (Å²) in [5.74, 6) is -0.931. The number of nitrogens with one attached hydrogen (secondary N) is 2. The molecule has 2 aromatic carbocycles. The number of para-hydroxylation sites is 1. The molecular formula is C28H33N3O6. The van der Waals surface area contributed by atoms with Gasteiger partial charge in [0.2, 0.25) is 12.3 Å². The zero-order valence-electron chi connectivity index (χ0n) is 21.5. The first-order valence-electron chi connectivity index (χ1n) is 12.1. The molecular weight excluding hydrogens is 474 g/mol. The second kappa shape index (κ2) is 12.2. The summed E-state index contributed by atoms with van der Waals surface area (Å²) in [5.41, 5.74) is 1.59. The predicted molar refractivity (Wildman–Crippen MR) is 140 cm³/mol. The molecule has 37 heavy (non-hydrogen) atoms. The van der Waals surface area contributed by atoms with Crippen LogP contribution < -0.4 is 10.6 Å². The molecule has 1 aromatic heterocycles. The normalized spacial score (nSPS) is 12.9. The summed E-state index contributed by atoms with van der Waals surface area (Å²) in [6.07, 6.45) is 2.12. The van der Waals surface area contributed by atoms with Gasteiger partial charge in [0.15, 0.2) is 0 Å². The molecule has 196 valence electrons. The molecule has 1 heterocycles. The smallest absolute Gasteiger partial charge is 0.408 e. The SMILES string of the molecule is CC(=O)OCC(Cc1ccccc1)NC(=O)[C@H](Cc1cn(C=O)c2ccccc12)NC(=O)OC(C)(C)C. The Bertz CT molecular complexity index is 1250. The van der Waals surface area contributed by atoms with Crippen molar-refractivity contribution in [3.8, 4) is 0 Å². The average Bonchev–Trinajstić information content (AvgIpc) is 3.19. The van der Waals surface area contributed by atoms with E-state index >= 15 is 0 Å². The van der Waals surface area contributed by atoms with Gasteiger partial charge in [-0.2, -0.15) is 0 Å². The maximum atomic E-state index is 13.5. The summed E-state index contributed by atoms with van der Waals surface area (Å²) >= 11 is 0. The number of amides is 2. The summed E-state index contributed by atoms with van der Waals surface area (Å²) in [7, 11) is 0. The standard InChI is InChI=1S/C28H33N3O6/c1-19(33)36-17-22(14-20-10-6-5-7-11-20)29-26(34)24(30-27(35)37-28(2,3)4)15-21-16-31(18-32)25-13-9-8-12-23(21)25/h5-13,16,18,22,24H,14-15,17H2,1-4H3,(H,29,34)(H,30,35)/t22?,24-/m0/s1. The van der Waals surface area contributed by atoms with Crippen LogP contribution in [0.5, 0.6) is 0 Å². The van der Waals surface area contributed by atoms with Crippen molar-refractivity contribution in [2.45, 2.75) is 58.2 Å². The van der Waals surface area contributed by atoms with Gasteiger partial charge in [-0.1, -0.05) is 48.5 Å². The summed E-state index contributed by atoms with van der Waals surface area (Å²) in [6, 6.07) is 15.3. The first-order valence-corrected chi connectivity index (χ1v) is 12.1. The van der Waals surface area contributed by atoms with Crippen molar-refractivity contribution in [1.29, 1.82) is 0 Å². The molecule has 1 unspecified atom stereocenters. The molecule has 9 heteroatoms. The number of carbonyl (C=O) groups excluding carboxylic acids is 4. The highest BCUT2D eigenvalue weighted by molar-refractivity contribution is 5.91. The van der Waals surface area contributed by atoms with Gasteiger partial charge in [0.25, 0.3) is 0 Å². The van der Waals surface area contributed by atoms with E-state index in [2.05, 4.69) is 10.6 Å². The van der Waals surface area contributed by atoms with Crippen molar-refractivity contribution in [2.24, 2.45) is 0 Å². The van der Waals surface area contributed by atoms with Gasteiger partial charge >= 0.3 is 12.1 Å². The third kappa shape index (κ3) is 8.20. The maximum absolute atomic E-state index is 13.5. The molecule has 0 bridgehead atoms. The van der Waals surface area contributed by atoms with Crippen LogP contribution in [0, 0.1) is 0 Å². The minimum absolute atomic E-state index is 0.0282. The van der Waals surface area contributed by atoms with Crippen LogP contribution in [0.25, 0.3) is 10.9 Å². The zero-order valence-corrected chi connectivity index (χ0v) is 21.5. The molecule has 2 N–H and O–H groups in total. The topological polar surface area (TPSA) is 116 Å². The fourth-order valence-corrected chi connectivity index (χ4v) is 3.98. The number of rotatable bonds is 10. The van der Waals surface area contributed by atoms with E-state index < -0.39 is 35.7 Å². The van der Waals surface area contributed by atoms with Crippen LogP contribution in [-0.2, 0) is 36.7 Å². The number of aromatic nitrogens is 1. The highest BCUT2D eigenvalue weighted by Gasteiger charge is 2.28. The first-order chi connectivity index (χ1) is 17.6. The van der Waals surface area contributed by atoms with Gasteiger partial charge in [0.1, 0.15) is 18.2 Å². The number of alkyl carbamates (subject to hydrolysis) is 1. The molecule has 0 aliphatic heterocycles. The van der Waals surface area contributed by atoms with E-state index in [-0.39, 0.29) is 13.0 Å². The molecule has 0 radical (unpaired) electrons. The third-order valence-electron chi connectivity index (χ3n) is 5.53. The van der Waals surface area contributed by atoms with Crippen LogP contribution >= 0.6 is 0 Å². The Labute approximate surface area is 216 Å². The summed E-state index contributed by atoms with van der Waals surface area (Å²) in [5, 5.41) is 6.38. The number of nitrogens with zero attached hydrogens (tertiary/aromatic N) is 1. The highest BCUT2D eigenvalue weighted by atomic mass is 16.6. The summed E-state index contributed by atoms with van der Waals surface area (Å²) < 4.78 is 12.0. The van der Waals surface area contributed by atoms with Crippen LogP contribution in [0.2, 0.25) is 0 Å². The van der Waals surface area contributed by atoms with Crippen molar-refractivity contribution in [3.05, 3.63) is 71.9 Å². The van der Waals surface area contributed by atoms with E-state index in [4.69, 9.17) is 9.47 Å². The second-order valence-corrected chi connectivity index (χ2v) is 9.78. The van der Waals surface area contributed by atoms with Crippen molar-refractivity contribution >= 4 is 35.3 Å². The lowest BCUT2D eigenvalue weighted by molar-refractivity contribution is -0.142. The van der Waals surface area contributed by atoms with Crippen LogP contribution in [-0.4, -0.2) is 53.2 Å². The van der Waals surface area contributed by atoms with Crippen molar-refractivity contribution in [3.63, 3.8) is 0 Å². The lowest BCUT2D eigenvalue weighted by atomic mass is 10.0. The van der Waals surface area contributed by atoms with Crippen molar-refractivity contribution in [2.75, 3.05) is 6.61 Å². The molecule has 0 fully saturated rings. The van der Waals surface area contributed by atoms with E-state index in [1.165, 1.54) is 11.5 Å². The minimum atomic E-state index is -1.02. The molecule has 0 saturated carbocycles. The molecule has 9 nitrogen and oxygen atoms in total. The van der Waals surface area contributed by atoms with E-state index in [9.17, 15) is 19.2 Å². The van der Waals surface area contributed by atoms with Gasteiger partial charge < -0.3 is 20.1 Å². The zero-order chi connectivity index (χ0) is 27.0. The Balaban J connectivity index is 1.87. The van der Waals surface area contributed by atoms with Gasteiger partial charge in [0, 0.05) is 24.9 Å². The van der Waals surface area contributed by atoms with E-state index in [0.717, 1.165) is 10.9 Å². The second-order valence-electron chi connectivity index (χ2n) is 9.78. The van der Waals surface area contributed by atoms with Crippen LogP contribution in [0.4, 0.5) is 4.79 Å². The molecule has 0 aliphatic carbocycles. The number of fused-ring (bicyclic) bond motifs is 1. The maximum Gasteiger partial charge on any atom is 0.408 e. The average molecular weight is 508 g/mol. The number of ether oxygens (including phenoxy) is 2. The number of hydrogen-bond acceptors (Lipinski definition) is 6. The number of carbonyl (C=O) groups is 4. The Morgan fingerprint density at radius 1 is 0.973 bits per heavy atom. The van der Waals surface area contributed by atoms with Gasteiger partial charge in [-0.15, -0.1) is 0 Å². The number of hydrogen-bond donors (Lipinski definition) is 2. The Morgan fingerprint density at radius 2 is 1.65 bits per heavy atom. The summed E-state index contributed by atoms with van der Waals surface area (Å²) in [4.78, 5) is 49.2. The molecule has 2 atom stereocenters. The van der Waals surface area contributed by atoms with Crippen LogP contribution in [0.15, 0.2) is 60.8 Å². The Hall–Kier alpha value is -4.14. The Kier molecular flexibility index (Phi) is 9.05. The fraction of sp³-hybridized carbons (Fsp3) is 0.357. The molecule has 3 aromatic rings. The van der Waals surface area contributed by atoms with E-state index in [1.807, 2.05) is 48.5 Å². The lowest BCUT2D eigenvalue weighted by Gasteiger charge is -2.25. The van der Waals surface area contributed by atoms with Gasteiger partial charge in [-0.05, 0) is 44.4 Å². The quantitative estimate of drug-likeness (QED) is 0.321. The van der Waals surface area contributed by atoms with Gasteiger partial charge in [-0.25, -0.2) is 4.79 Å². The number of esters is 1. The van der Waals surface area contributed by atoms with Gasteiger partial charge in [-0.3, -0.25) is 19.0 Å². The predicted octanol–water partition coefficient (Wildman–Crippen LogP) is 3.41. The van der Waals surface area contributed by atoms with Crippen LogP contribution in [0.1, 0.15) is 38.8 Å². The van der Waals surface area contributed by atoms with Crippen molar-refractivity contribution in [1.82, 2.24) is 15.2 Å². The summed E-state index contributed by atoms with van der Waals surface area (Å²) in [6.45, 7) is 6.47. The highest BCUT2D eigenvalue weighted by Crippen LogP contribution is 2.22.